The Hall–Kier alpha value is -0.413. The van der Waals surface area contributed by atoms with E-state index in [4.69, 9.17) is 4.43 Å². The zero-order chi connectivity index (χ0) is 12.6. The maximum Gasteiger partial charge on any atom is 0.192 e. The summed E-state index contributed by atoms with van der Waals surface area (Å²) in [6.45, 7) is 13.1. The molecule has 0 amide bonds. The second-order valence-corrected chi connectivity index (χ2v) is 11.0. The molecule has 0 unspecified atom stereocenters. The van der Waals surface area contributed by atoms with Crippen LogP contribution >= 0.6 is 0 Å². The van der Waals surface area contributed by atoms with Gasteiger partial charge in [-0.25, -0.2) is 0 Å². The minimum absolute atomic E-state index is 0.0131. The van der Waals surface area contributed by atoms with Gasteiger partial charge in [-0.1, -0.05) is 33.8 Å². The Morgan fingerprint density at radius 3 is 2.44 bits per heavy atom. The molecule has 0 radical (unpaired) electrons. The molecule has 3 heteroatoms. The summed E-state index contributed by atoms with van der Waals surface area (Å²) in [5.74, 6) is 0.217. The van der Waals surface area contributed by atoms with Gasteiger partial charge in [-0.05, 0) is 30.6 Å². The molecular formula is C13H24O2Si. The van der Waals surface area contributed by atoms with E-state index in [1.807, 2.05) is 13.0 Å². The maximum absolute atomic E-state index is 11.6. The Morgan fingerprint density at radius 2 is 1.94 bits per heavy atom. The molecule has 0 aromatic rings. The minimum Gasteiger partial charge on any atom is -0.413 e. The molecule has 2 nitrogen and oxygen atoms in total. The third-order valence-electron chi connectivity index (χ3n) is 3.91. The second kappa shape index (κ2) is 4.45. The molecule has 0 aromatic heterocycles. The van der Waals surface area contributed by atoms with E-state index < -0.39 is 8.32 Å². The first-order valence-corrected chi connectivity index (χ1v) is 8.94. The molecule has 16 heavy (non-hydrogen) atoms. The lowest BCUT2D eigenvalue weighted by Gasteiger charge is -2.41. The van der Waals surface area contributed by atoms with Crippen LogP contribution in [0.1, 0.15) is 34.1 Å². The van der Waals surface area contributed by atoms with E-state index in [0.29, 0.717) is 0 Å². The van der Waals surface area contributed by atoms with Crippen molar-refractivity contribution in [3.63, 3.8) is 0 Å². The van der Waals surface area contributed by atoms with Crippen molar-refractivity contribution < 1.29 is 9.22 Å². The van der Waals surface area contributed by atoms with Gasteiger partial charge in [0.05, 0.1) is 6.10 Å². The summed E-state index contributed by atoms with van der Waals surface area (Å²) >= 11 is 0. The van der Waals surface area contributed by atoms with Gasteiger partial charge < -0.3 is 4.43 Å². The van der Waals surface area contributed by atoms with Gasteiger partial charge >= 0.3 is 0 Å². The van der Waals surface area contributed by atoms with Crippen molar-refractivity contribution in [1.29, 1.82) is 0 Å². The SMILES string of the molecule is C[C@H]1C(=O)C=CC[C@H]1O[Si](C)(C)C(C)(C)C. The van der Waals surface area contributed by atoms with Crippen LogP contribution in [0, 0.1) is 5.92 Å². The highest BCUT2D eigenvalue weighted by atomic mass is 28.4. The van der Waals surface area contributed by atoms with Crippen LogP contribution in [0.15, 0.2) is 12.2 Å². The fourth-order valence-electron chi connectivity index (χ4n) is 1.56. The van der Waals surface area contributed by atoms with Crippen molar-refractivity contribution in [1.82, 2.24) is 0 Å². The standard InChI is InChI=1S/C13H24O2Si/c1-10-11(14)8-7-9-12(10)15-16(5,6)13(2,3)4/h7-8,10,12H,9H2,1-6H3/t10-,12+/m0/s1. The van der Waals surface area contributed by atoms with Gasteiger partial charge in [0.2, 0.25) is 0 Å². The summed E-state index contributed by atoms with van der Waals surface area (Å²) in [5.41, 5.74) is 0. The topological polar surface area (TPSA) is 26.3 Å². The van der Waals surface area contributed by atoms with Crippen LogP contribution in [-0.4, -0.2) is 20.2 Å². The summed E-state index contributed by atoms with van der Waals surface area (Å²) in [6, 6.07) is 0. The molecule has 1 aliphatic rings. The first-order valence-electron chi connectivity index (χ1n) is 6.03. The molecule has 92 valence electrons. The Kier molecular flexibility index (Phi) is 3.80. The predicted octanol–water partition coefficient (Wildman–Crippen LogP) is 3.54. The summed E-state index contributed by atoms with van der Waals surface area (Å²) in [7, 11) is -1.75. The van der Waals surface area contributed by atoms with Crippen molar-refractivity contribution in [2.24, 2.45) is 5.92 Å². The van der Waals surface area contributed by atoms with E-state index in [1.165, 1.54) is 0 Å². The smallest absolute Gasteiger partial charge is 0.192 e. The van der Waals surface area contributed by atoms with Gasteiger partial charge in [0.15, 0.2) is 14.1 Å². The zero-order valence-corrected chi connectivity index (χ0v) is 12.3. The summed E-state index contributed by atoms with van der Waals surface area (Å²) in [4.78, 5) is 11.6. The molecule has 0 heterocycles. The Balaban J connectivity index is 2.75. The van der Waals surface area contributed by atoms with E-state index in [2.05, 4.69) is 33.9 Å². The molecule has 0 aromatic carbocycles. The highest BCUT2D eigenvalue weighted by molar-refractivity contribution is 6.74. The Morgan fingerprint density at radius 1 is 1.38 bits per heavy atom. The summed E-state index contributed by atoms with van der Waals surface area (Å²) < 4.78 is 6.29. The minimum atomic E-state index is -1.75. The van der Waals surface area contributed by atoms with Crippen molar-refractivity contribution >= 4 is 14.1 Å². The highest BCUT2D eigenvalue weighted by Crippen LogP contribution is 2.39. The molecule has 0 fully saturated rings. The number of hydrogen-bond acceptors (Lipinski definition) is 2. The van der Waals surface area contributed by atoms with Gasteiger partial charge in [-0.3, -0.25) is 4.79 Å². The van der Waals surface area contributed by atoms with Crippen molar-refractivity contribution in [3.05, 3.63) is 12.2 Å². The molecule has 0 aliphatic heterocycles. The van der Waals surface area contributed by atoms with Crippen molar-refractivity contribution in [2.75, 3.05) is 0 Å². The highest BCUT2D eigenvalue weighted by Gasteiger charge is 2.41. The molecule has 1 aliphatic carbocycles. The van der Waals surface area contributed by atoms with Crippen molar-refractivity contribution in [3.8, 4) is 0 Å². The number of allylic oxidation sites excluding steroid dienone is 1. The molecule has 0 saturated heterocycles. The summed E-state index contributed by atoms with van der Waals surface area (Å²) in [5, 5.41) is 0.205. The lowest BCUT2D eigenvalue weighted by molar-refractivity contribution is -0.121. The van der Waals surface area contributed by atoms with E-state index >= 15 is 0 Å². The van der Waals surface area contributed by atoms with Gasteiger partial charge in [-0.15, -0.1) is 0 Å². The molecule has 0 N–H and O–H groups in total. The van der Waals surface area contributed by atoms with Crippen LogP contribution in [0.2, 0.25) is 18.1 Å². The fraction of sp³-hybridized carbons (Fsp3) is 0.769. The predicted molar refractivity (Wildman–Crippen MR) is 70.0 cm³/mol. The number of rotatable bonds is 2. The first kappa shape index (κ1) is 13.7. The lowest BCUT2D eigenvalue weighted by Crippen LogP contribution is -2.46. The summed E-state index contributed by atoms with van der Waals surface area (Å²) in [6.07, 6.45) is 4.59. The number of carbonyl (C=O) groups is 1. The largest absolute Gasteiger partial charge is 0.413 e. The first-order chi connectivity index (χ1) is 7.15. The second-order valence-electron chi connectivity index (χ2n) is 6.25. The molecule has 0 spiro atoms. The third kappa shape index (κ3) is 2.83. The van der Waals surface area contributed by atoms with E-state index in [0.717, 1.165) is 6.42 Å². The number of carbonyl (C=O) groups excluding carboxylic acids is 1. The number of ketones is 1. The molecule has 0 bridgehead atoms. The fourth-order valence-corrected chi connectivity index (χ4v) is 2.97. The third-order valence-corrected chi connectivity index (χ3v) is 8.41. The average molecular weight is 240 g/mol. The Labute approximate surface area is 100 Å². The number of hydrogen-bond donors (Lipinski definition) is 0. The van der Waals surface area contributed by atoms with E-state index in [-0.39, 0.29) is 22.8 Å². The van der Waals surface area contributed by atoms with Crippen LogP contribution in [0.4, 0.5) is 0 Å². The Bertz CT molecular complexity index is 300. The normalized spacial score (nSPS) is 27.2. The zero-order valence-electron chi connectivity index (χ0n) is 11.3. The average Bonchev–Trinajstić information content (AvgIpc) is 2.11. The van der Waals surface area contributed by atoms with Crippen LogP contribution in [0.5, 0.6) is 0 Å². The molecule has 1 rings (SSSR count). The maximum atomic E-state index is 11.6. The van der Waals surface area contributed by atoms with Gasteiger partial charge in [0.1, 0.15) is 0 Å². The molecule has 0 saturated carbocycles. The van der Waals surface area contributed by atoms with E-state index in [1.54, 1.807) is 6.08 Å². The molecular weight excluding hydrogens is 216 g/mol. The quantitative estimate of drug-likeness (QED) is 0.690. The van der Waals surface area contributed by atoms with E-state index in [9.17, 15) is 4.79 Å². The monoisotopic (exact) mass is 240 g/mol. The lowest BCUT2D eigenvalue weighted by atomic mass is 9.92. The van der Waals surface area contributed by atoms with Crippen LogP contribution < -0.4 is 0 Å². The molecule has 2 atom stereocenters. The van der Waals surface area contributed by atoms with Gasteiger partial charge in [0.25, 0.3) is 0 Å². The van der Waals surface area contributed by atoms with Crippen LogP contribution in [0.25, 0.3) is 0 Å². The van der Waals surface area contributed by atoms with Gasteiger partial charge in [0, 0.05) is 5.92 Å². The van der Waals surface area contributed by atoms with Crippen LogP contribution in [0.3, 0.4) is 0 Å². The van der Waals surface area contributed by atoms with Crippen LogP contribution in [-0.2, 0) is 9.22 Å². The van der Waals surface area contributed by atoms with Crippen molar-refractivity contribution in [2.45, 2.75) is 58.4 Å². The van der Waals surface area contributed by atoms with Gasteiger partial charge in [-0.2, -0.15) is 0 Å².